The van der Waals surface area contributed by atoms with Crippen LogP contribution in [0.5, 0.6) is 0 Å². The Bertz CT molecular complexity index is 704. The molecule has 0 aromatic heterocycles. The zero-order valence-corrected chi connectivity index (χ0v) is 15.2. The lowest BCUT2D eigenvalue weighted by Gasteiger charge is -2.12. The molecule has 0 radical (unpaired) electrons. The number of benzene rings is 2. The van der Waals surface area contributed by atoms with Crippen LogP contribution in [-0.4, -0.2) is 17.1 Å². The molecule has 0 heterocycles. The quantitative estimate of drug-likeness (QED) is 0.734. The first kappa shape index (κ1) is 17.6. The highest BCUT2D eigenvalue weighted by atomic mass is 79.9. The van der Waals surface area contributed by atoms with Crippen LogP contribution in [0.3, 0.4) is 0 Å². The molecule has 0 fully saturated rings. The second-order valence-electron chi connectivity index (χ2n) is 4.97. The monoisotopic (exact) mass is 392 g/mol. The van der Waals surface area contributed by atoms with Gasteiger partial charge in [-0.25, -0.2) is 0 Å². The lowest BCUT2D eigenvalue weighted by molar-refractivity contribution is -0.115. The van der Waals surface area contributed by atoms with Crippen molar-refractivity contribution in [2.24, 2.45) is 0 Å². The van der Waals surface area contributed by atoms with E-state index in [-0.39, 0.29) is 17.1 Å². The molecule has 0 aliphatic carbocycles. The van der Waals surface area contributed by atoms with Crippen LogP contribution in [0.15, 0.2) is 57.9 Å². The fraction of sp³-hybridized carbons (Fsp3) is 0.176. The van der Waals surface area contributed by atoms with E-state index in [9.17, 15) is 9.59 Å². The first-order valence-electron chi connectivity index (χ1n) is 7.05. The van der Waals surface area contributed by atoms with Crippen molar-refractivity contribution in [2.75, 3.05) is 10.6 Å². The van der Waals surface area contributed by atoms with Crippen molar-refractivity contribution in [3.05, 3.63) is 53.0 Å². The summed E-state index contributed by atoms with van der Waals surface area (Å²) in [5.74, 6) is -0.161. The number of hydrogen-bond acceptors (Lipinski definition) is 3. The zero-order chi connectivity index (χ0) is 16.8. The van der Waals surface area contributed by atoms with Crippen LogP contribution in [0.4, 0.5) is 11.4 Å². The molecule has 2 aromatic carbocycles. The minimum atomic E-state index is -0.236. The summed E-state index contributed by atoms with van der Waals surface area (Å²) in [7, 11) is 0. The average Bonchev–Trinajstić information content (AvgIpc) is 2.48. The Morgan fingerprint density at radius 3 is 2.35 bits per heavy atom. The number of hydrogen-bond donors (Lipinski definition) is 2. The fourth-order valence-electron chi connectivity index (χ4n) is 1.89. The van der Waals surface area contributed by atoms with Crippen molar-refractivity contribution >= 4 is 50.9 Å². The van der Waals surface area contributed by atoms with E-state index in [0.717, 1.165) is 20.7 Å². The molecule has 6 heteroatoms. The maximum atomic E-state index is 12.2. The van der Waals surface area contributed by atoms with Crippen molar-refractivity contribution in [3.8, 4) is 0 Å². The van der Waals surface area contributed by atoms with Gasteiger partial charge in [0.15, 0.2) is 0 Å². The third-order valence-electron chi connectivity index (χ3n) is 2.95. The molecular formula is C17H17BrN2O2S. The number of carbonyl (C=O) groups excluding carboxylic acids is 2. The Balaban J connectivity index is 1.94. The van der Waals surface area contributed by atoms with Crippen LogP contribution in [-0.2, 0) is 9.59 Å². The lowest BCUT2D eigenvalue weighted by Crippen LogP contribution is -2.22. The van der Waals surface area contributed by atoms with Gasteiger partial charge in [-0.3, -0.25) is 9.59 Å². The molecule has 1 atom stereocenters. The summed E-state index contributed by atoms with van der Waals surface area (Å²) in [6.45, 7) is 3.33. The highest BCUT2D eigenvalue weighted by molar-refractivity contribution is 9.10. The first-order chi connectivity index (χ1) is 10.9. The summed E-state index contributed by atoms with van der Waals surface area (Å²) in [6.07, 6.45) is 0. The fourth-order valence-corrected chi connectivity index (χ4v) is 3.15. The SMILES string of the molecule is CC(=O)Nc1ccc(S[C@@H](C)C(=O)Nc2cccc(Br)c2)cc1. The topological polar surface area (TPSA) is 58.2 Å². The minimum Gasteiger partial charge on any atom is -0.326 e. The molecule has 120 valence electrons. The van der Waals surface area contributed by atoms with E-state index in [2.05, 4.69) is 26.6 Å². The first-order valence-corrected chi connectivity index (χ1v) is 8.72. The molecule has 4 nitrogen and oxygen atoms in total. The van der Waals surface area contributed by atoms with Gasteiger partial charge in [0.2, 0.25) is 11.8 Å². The molecule has 0 saturated heterocycles. The van der Waals surface area contributed by atoms with Crippen LogP contribution in [0.1, 0.15) is 13.8 Å². The van der Waals surface area contributed by atoms with Gasteiger partial charge in [0.1, 0.15) is 0 Å². The molecule has 2 rings (SSSR count). The van der Waals surface area contributed by atoms with E-state index >= 15 is 0 Å². The molecule has 0 aliphatic heterocycles. The van der Waals surface area contributed by atoms with Gasteiger partial charge in [-0.1, -0.05) is 22.0 Å². The Labute approximate surface area is 148 Å². The van der Waals surface area contributed by atoms with E-state index < -0.39 is 0 Å². The second-order valence-corrected chi connectivity index (χ2v) is 7.30. The van der Waals surface area contributed by atoms with Crippen LogP contribution in [0, 0.1) is 0 Å². The van der Waals surface area contributed by atoms with E-state index in [4.69, 9.17) is 0 Å². The standard InChI is InChI=1S/C17H17BrN2O2S/c1-11(17(22)20-15-5-3-4-13(18)10-15)23-16-8-6-14(7-9-16)19-12(2)21/h3-11H,1-2H3,(H,19,21)(H,20,22)/t11-/m0/s1. The molecule has 2 amide bonds. The van der Waals surface area contributed by atoms with Gasteiger partial charge < -0.3 is 10.6 Å². The van der Waals surface area contributed by atoms with Gasteiger partial charge in [-0.15, -0.1) is 11.8 Å². The normalized spacial score (nSPS) is 11.6. The molecule has 23 heavy (non-hydrogen) atoms. The number of carbonyl (C=O) groups is 2. The van der Waals surface area contributed by atoms with E-state index in [1.54, 1.807) is 0 Å². The summed E-state index contributed by atoms with van der Waals surface area (Å²) in [6, 6.07) is 14.9. The number of halogens is 1. The third kappa shape index (κ3) is 5.73. The summed E-state index contributed by atoms with van der Waals surface area (Å²) in [5, 5.41) is 5.37. The predicted molar refractivity (Wildman–Crippen MR) is 98.8 cm³/mol. The highest BCUT2D eigenvalue weighted by Crippen LogP contribution is 2.26. The van der Waals surface area contributed by atoms with Gasteiger partial charge in [-0.2, -0.15) is 0 Å². The summed E-state index contributed by atoms with van der Waals surface area (Å²) >= 11 is 4.85. The number of nitrogens with one attached hydrogen (secondary N) is 2. The van der Waals surface area contributed by atoms with Crippen LogP contribution < -0.4 is 10.6 Å². The maximum absolute atomic E-state index is 12.2. The van der Waals surface area contributed by atoms with Crippen molar-refractivity contribution in [3.63, 3.8) is 0 Å². The van der Waals surface area contributed by atoms with Gasteiger partial charge >= 0.3 is 0 Å². The molecule has 0 saturated carbocycles. The average molecular weight is 393 g/mol. The van der Waals surface area contributed by atoms with Crippen molar-refractivity contribution in [1.82, 2.24) is 0 Å². The molecule has 0 spiro atoms. The number of thioether (sulfide) groups is 1. The predicted octanol–water partition coefficient (Wildman–Crippen LogP) is 4.53. The largest absolute Gasteiger partial charge is 0.326 e. The molecule has 2 N–H and O–H groups in total. The van der Waals surface area contributed by atoms with Crippen LogP contribution in [0.2, 0.25) is 0 Å². The van der Waals surface area contributed by atoms with Crippen molar-refractivity contribution < 1.29 is 9.59 Å². The van der Waals surface area contributed by atoms with Crippen molar-refractivity contribution in [1.29, 1.82) is 0 Å². The third-order valence-corrected chi connectivity index (χ3v) is 4.55. The van der Waals surface area contributed by atoms with E-state index in [1.165, 1.54) is 18.7 Å². The lowest BCUT2D eigenvalue weighted by atomic mass is 10.3. The zero-order valence-electron chi connectivity index (χ0n) is 12.8. The Hall–Kier alpha value is -1.79. The molecule has 2 aromatic rings. The van der Waals surface area contributed by atoms with Crippen LogP contribution >= 0.6 is 27.7 Å². The van der Waals surface area contributed by atoms with E-state index in [0.29, 0.717) is 0 Å². The summed E-state index contributed by atoms with van der Waals surface area (Å²) < 4.78 is 0.921. The number of amides is 2. The smallest absolute Gasteiger partial charge is 0.237 e. The maximum Gasteiger partial charge on any atom is 0.237 e. The molecular weight excluding hydrogens is 376 g/mol. The number of anilines is 2. The molecule has 0 bridgehead atoms. The number of rotatable bonds is 5. The Morgan fingerprint density at radius 2 is 1.74 bits per heavy atom. The van der Waals surface area contributed by atoms with E-state index in [1.807, 2.05) is 55.5 Å². The summed E-state index contributed by atoms with van der Waals surface area (Å²) in [4.78, 5) is 24.2. The Kier molecular flexibility index (Phi) is 6.24. The van der Waals surface area contributed by atoms with Crippen LogP contribution in [0.25, 0.3) is 0 Å². The van der Waals surface area contributed by atoms with Gasteiger partial charge in [0.05, 0.1) is 5.25 Å². The Morgan fingerprint density at radius 1 is 1.04 bits per heavy atom. The van der Waals surface area contributed by atoms with Gasteiger partial charge in [-0.05, 0) is 49.4 Å². The minimum absolute atomic E-state index is 0.0564. The van der Waals surface area contributed by atoms with Crippen molar-refractivity contribution in [2.45, 2.75) is 24.0 Å². The van der Waals surface area contributed by atoms with Gasteiger partial charge in [0, 0.05) is 27.7 Å². The summed E-state index contributed by atoms with van der Waals surface area (Å²) in [5.41, 5.74) is 1.51. The molecule has 0 unspecified atom stereocenters. The second kappa shape index (κ2) is 8.17. The molecule has 0 aliphatic rings. The highest BCUT2D eigenvalue weighted by Gasteiger charge is 2.14. The van der Waals surface area contributed by atoms with Gasteiger partial charge in [0.25, 0.3) is 0 Å².